The summed E-state index contributed by atoms with van der Waals surface area (Å²) in [6.45, 7) is 4.95. The van der Waals surface area contributed by atoms with Gasteiger partial charge in [0.15, 0.2) is 0 Å². The van der Waals surface area contributed by atoms with E-state index in [1.807, 2.05) is 0 Å². The third kappa shape index (κ3) is 3.39. The van der Waals surface area contributed by atoms with Crippen LogP contribution < -0.4 is 5.32 Å². The normalized spacial score (nSPS) is 13.1. The molecule has 0 rings (SSSR count). The van der Waals surface area contributed by atoms with Crippen molar-refractivity contribution in [2.45, 2.75) is 26.8 Å². The Labute approximate surface area is 89.2 Å². The molecule has 0 aliphatic carbocycles. The van der Waals surface area contributed by atoms with E-state index >= 15 is 0 Å². The van der Waals surface area contributed by atoms with E-state index < -0.39 is 17.6 Å². The van der Waals surface area contributed by atoms with Crippen molar-refractivity contribution in [3.8, 4) is 0 Å². The lowest BCUT2D eigenvalue weighted by Gasteiger charge is -2.32. The molecule has 2 amide bonds. The third-order valence-electron chi connectivity index (χ3n) is 2.53. The summed E-state index contributed by atoms with van der Waals surface area (Å²) in [5.41, 5.74) is -0.858. The van der Waals surface area contributed by atoms with Gasteiger partial charge in [0.05, 0.1) is 12.5 Å². The van der Waals surface area contributed by atoms with Crippen LogP contribution in [0.2, 0.25) is 0 Å². The van der Waals surface area contributed by atoms with Crippen molar-refractivity contribution < 1.29 is 19.5 Å². The van der Waals surface area contributed by atoms with Crippen LogP contribution in [-0.2, 0) is 9.63 Å². The van der Waals surface area contributed by atoms with Crippen molar-refractivity contribution in [1.29, 1.82) is 0 Å². The summed E-state index contributed by atoms with van der Waals surface area (Å²) < 4.78 is 0. The Kier molecular flexibility index (Phi) is 4.54. The number of carbonyl (C=O) groups is 2. The topological polar surface area (TPSA) is 78.9 Å². The predicted octanol–water partition coefficient (Wildman–Crippen LogP) is 0.688. The Hall–Kier alpha value is -1.30. The van der Waals surface area contributed by atoms with Gasteiger partial charge in [0.1, 0.15) is 0 Å². The molecule has 0 bridgehead atoms. The van der Waals surface area contributed by atoms with Crippen LogP contribution in [0.5, 0.6) is 0 Å². The fourth-order valence-electron chi connectivity index (χ4n) is 1.04. The van der Waals surface area contributed by atoms with Gasteiger partial charge in [-0.05, 0) is 20.8 Å². The van der Waals surface area contributed by atoms with Crippen LogP contribution >= 0.6 is 0 Å². The minimum absolute atomic E-state index is 0.286. The third-order valence-corrected chi connectivity index (χ3v) is 2.53. The van der Waals surface area contributed by atoms with Gasteiger partial charge in [-0.2, -0.15) is 0 Å². The van der Waals surface area contributed by atoms with Crippen molar-refractivity contribution in [2.75, 3.05) is 14.2 Å². The molecule has 2 N–H and O–H groups in total. The number of hydroxylamine groups is 2. The Morgan fingerprint density at radius 2 is 1.93 bits per heavy atom. The molecular formula is C9H18N2O4. The molecule has 0 spiro atoms. The quantitative estimate of drug-likeness (QED) is 0.680. The van der Waals surface area contributed by atoms with E-state index in [1.54, 1.807) is 20.8 Å². The number of nitrogens with zero attached hydrogens (tertiary/aromatic N) is 1. The van der Waals surface area contributed by atoms with E-state index in [0.717, 1.165) is 5.06 Å². The summed E-state index contributed by atoms with van der Waals surface area (Å²) in [6.07, 6.45) is -1.15. The second-order valence-electron chi connectivity index (χ2n) is 3.88. The molecule has 0 heterocycles. The highest BCUT2D eigenvalue weighted by Gasteiger charge is 2.37. The minimum Gasteiger partial charge on any atom is -0.465 e. The van der Waals surface area contributed by atoms with Crippen LogP contribution in [0.3, 0.4) is 0 Å². The average molecular weight is 218 g/mol. The molecule has 0 radical (unpaired) electrons. The zero-order valence-electron chi connectivity index (χ0n) is 9.70. The lowest BCUT2D eigenvalue weighted by atomic mass is 9.84. The van der Waals surface area contributed by atoms with Crippen molar-refractivity contribution >= 4 is 12.0 Å². The molecule has 1 unspecified atom stereocenters. The van der Waals surface area contributed by atoms with E-state index in [4.69, 9.17) is 9.94 Å². The van der Waals surface area contributed by atoms with Gasteiger partial charge in [-0.1, -0.05) is 0 Å². The smallest absolute Gasteiger partial charge is 0.404 e. The van der Waals surface area contributed by atoms with E-state index in [0.29, 0.717) is 0 Å². The molecule has 0 saturated carbocycles. The Morgan fingerprint density at radius 3 is 2.27 bits per heavy atom. The van der Waals surface area contributed by atoms with Crippen LogP contribution in [0.25, 0.3) is 0 Å². The largest absolute Gasteiger partial charge is 0.465 e. The van der Waals surface area contributed by atoms with Gasteiger partial charge >= 0.3 is 6.09 Å². The summed E-state index contributed by atoms with van der Waals surface area (Å²) in [5.74, 6) is -0.286. The van der Waals surface area contributed by atoms with Crippen LogP contribution in [-0.4, -0.2) is 42.4 Å². The second kappa shape index (κ2) is 4.97. The van der Waals surface area contributed by atoms with Crippen LogP contribution in [0.4, 0.5) is 4.79 Å². The zero-order valence-corrected chi connectivity index (χ0v) is 9.70. The maximum absolute atomic E-state index is 11.8. The van der Waals surface area contributed by atoms with Gasteiger partial charge in [-0.15, -0.1) is 0 Å². The summed E-state index contributed by atoms with van der Waals surface area (Å²) in [6, 6.07) is -0.500. The van der Waals surface area contributed by atoms with E-state index in [2.05, 4.69) is 5.32 Å². The average Bonchev–Trinajstić information content (AvgIpc) is 2.14. The number of amides is 2. The number of rotatable bonds is 4. The first-order chi connectivity index (χ1) is 6.73. The molecule has 88 valence electrons. The van der Waals surface area contributed by atoms with Crippen LogP contribution in [0.1, 0.15) is 20.8 Å². The van der Waals surface area contributed by atoms with Crippen LogP contribution in [0.15, 0.2) is 0 Å². The molecule has 0 saturated heterocycles. The van der Waals surface area contributed by atoms with Gasteiger partial charge < -0.3 is 10.4 Å². The van der Waals surface area contributed by atoms with Gasteiger partial charge in [0.2, 0.25) is 0 Å². The van der Waals surface area contributed by atoms with Gasteiger partial charge in [-0.3, -0.25) is 9.63 Å². The Balaban J connectivity index is 4.64. The highest BCUT2D eigenvalue weighted by molar-refractivity contribution is 5.82. The number of carbonyl (C=O) groups excluding carboxylic acids is 1. The van der Waals surface area contributed by atoms with E-state index in [1.165, 1.54) is 14.2 Å². The lowest BCUT2D eigenvalue weighted by Crippen LogP contribution is -2.51. The fourth-order valence-corrected chi connectivity index (χ4v) is 1.04. The lowest BCUT2D eigenvalue weighted by molar-refractivity contribution is -0.179. The molecule has 0 aromatic carbocycles. The van der Waals surface area contributed by atoms with Gasteiger partial charge in [-0.25, -0.2) is 9.86 Å². The zero-order chi connectivity index (χ0) is 12.2. The van der Waals surface area contributed by atoms with Crippen molar-refractivity contribution in [2.24, 2.45) is 5.41 Å². The number of carboxylic acid groups (broad SMARTS) is 1. The molecule has 0 aliphatic heterocycles. The van der Waals surface area contributed by atoms with Crippen molar-refractivity contribution in [1.82, 2.24) is 10.4 Å². The summed E-state index contributed by atoms with van der Waals surface area (Å²) in [5, 5.41) is 11.9. The van der Waals surface area contributed by atoms with Crippen molar-refractivity contribution in [3.05, 3.63) is 0 Å². The Bertz CT molecular complexity index is 252. The molecule has 1 atom stereocenters. The first-order valence-electron chi connectivity index (χ1n) is 4.55. The molecule has 6 heteroatoms. The highest BCUT2D eigenvalue weighted by Crippen LogP contribution is 2.23. The first-order valence-corrected chi connectivity index (χ1v) is 4.55. The summed E-state index contributed by atoms with van der Waals surface area (Å²) >= 11 is 0. The molecule has 6 nitrogen and oxygen atoms in total. The minimum atomic E-state index is -1.15. The molecule has 0 aliphatic rings. The fraction of sp³-hybridized carbons (Fsp3) is 0.778. The maximum Gasteiger partial charge on any atom is 0.404 e. The van der Waals surface area contributed by atoms with E-state index in [-0.39, 0.29) is 5.91 Å². The number of nitrogens with one attached hydrogen (secondary N) is 1. The summed E-state index contributed by atoms with van der Waals surface area (Å²) in [4.78, 5) is 27.0. The second-order valence-corrected chi connectivity index (χ2v) is 3.88. The first kappa shape index (κ1) is 13.7. The van der Waals surface area contributed by atoms with Gasteiger partial charge in [0, 0.05) is 13.1 Å². The molecule has 0 aromatic heterocycles. The molecule has 15 heavy (non-hydrogen) atoms. The Morgan fingerprint density at radius 1 is 1.47 bits per heavy atom. The van der Waals surface area contributed by atoms with E-state index in [9.17, 15) is 9.59 Å². The standard InChI is InChI=1S/C9H18N2O4/c1-6(10-8(13)14)9(2,3)7(12)11(4)15-5/h6,10H,1-5H3,(H,13,14). The molecule has 0 fully saturated rings. The number of hydrogen-bond donors (Lipinski definition) is 2. The van der Waals surface area contributed by atoms with Crippen LogP contribution in [0, 0.1) is 5.41 Å². The van der Waals surface area contributed by atoms with Gasteiger partial charge in [0.25, 0.3) is 5.91 Å². The van der Waals surface area contributed by atoms with Crippen molar-refractivity contribution in [3.63, 3.8) is 0 Å². The maximum atomic E-state index is 11.8. The summed E-state index contributed by atoms with van der Waals surface area (Å²) in [7, 11) is 2.86. The highest BCUT2D eigenvalue weighted by atomic mass is 16.7. The number of hydrogen-bond acceptors (Lipinski definition) is 3. The molecular weight excluding hydrogens is 200 g/mol. The SMILES string of the molecule is CON(C)C(=O)C(C)(C)C(C)NC(=O)O. The molecule has 0 aromatic rings. The monoisotopic (exact) mass is 218 g/mol. The predicted molar refractivity (Wildman–Crippen MR) is 54.2 cm³/mol.